The lowest BCUT2D eigenvalue weighted by atomic mass is 10.1. The molecule has 6 nitrogen and oxygen atoms in total. The first-order valence-electron chi connectivity index (χ1n) is 10.1. The summed E-state index contributed by atoms with van der Waals surface area (Å²) in [5.41, 5.74) is 3.56. The van der Waals surface area contributed by atoms with Gasteiger partial charge in [-0.1, -0.05) is 55.8 Å². The number of hydrogen-bond donors (Lipinski definition) is 0. The van der Waals surface area contributed by atoms with E-state index >= 15 is 0 Å². The zero-order valence-corrected chi connectivity index (χ0v) is 17.5. The Morgan fingerprint density at radius 2 is 1.48 bits per heavy atom. The molecule has 0 bridgehead atoms. The van der Waals surface area contributed by atoms with Gasteiger partial charge in [0.25, 0.3) is 0 Å². The Bertz CT molecular complexity index is 1080. The van der Waals surface area contributed by atoms with E-state index in [0.717, 1.165) is 34.5 Å². The van der Waals surface area contributed by atoms with Gasteiger partial charge in [0.15, 0.2) is 5.82 Å². The predicted molar refractivity (Wildman–Crippen MR) is 117 cm³/mol. The van der Waals surface area contributed by atoms with E-state index in [9.17, 15) is 8.42 Å². The van der Waals surface area contributed by atoms with Crippen LogP contribution in [-0.2, 0) is 10.0 Å². The van der Waals surface area contributed by atoms with E-state index < -0.39 is 10.0 Å². The lowest BCUT2D eigenvalue weighted by Gasteiger charge is -2.35. The minimum Gasteiger partial charge on any atom is -0.352 e. The number of sulfonamides is 1. The molecule has 1 fully saturated rings. The first-order valence-corrected chi connectivity index (χ1v) is 11.7. The second-order valence-corrected chi connectivity index (χ2v) is 9.39. The number of hydrogen-bond acceptors (Lipinski definition) is 5. The molecule has 0 unspecified atom stereocenters. The van der Waals surface area contributed by atoms with E-state index in [0.29, 0.717) is 32.6 Å². The second kappa shape index (κ2) is 8.47. The second-order valence-electron chi connectivity index (χ2n) is 7.31. The highest BCUT2D eigenvalue weighted by molar-refractivity contribution is 7.89. The van der Waals surface area contributed by atoms with Crippen molar-refractivity contribution in [3.05, 3.63) is 54.6 Å². The van der Waals surface area contributed by atoms with Crippen LogP contribution in [0.15, 0.2) is 54.6 Å². The van der Waals surface area contributed by atoms with E-state index in [-0.39, 0.29) is 5.75 Å². The molecule has 1 aliphatic heterocycles. The highest BCUT2D eigenvalue weighted by Crippen LogP contribution is 2.30. The third kappa shape index (κ3) is 4.26. The minimum atomic E-state index is -3.18. The van der Waals surface area contributed by atoms with Gasteiger partial charge in [0.2, 0.25) is 10.0 Å². The number of fused-ring (bicyclic) bond motifs is 1. The van der Waals surface area contributed by atoms with Gasteiger partial charge in [0.05, 0.1) is 16.8 Å². The Balaban J connectivity index is 1.64. The number of unbranched alkanes of at least 4 members (excludes halogenated alkanes) is 1. The van der Waals surface area contributed by atoms with Crippen LogP contribution in [-0.4, -0.2) is 54.6 Å². The quantitative estimate of drug-likeness (QED) is 0.622. The molecule has 2 aromatic carbocycles. The molecule has 0 aliphatic carbocycles. The zero-order valence-electron chi connectivity index (χ0n) is 16.7. The van der Waals surface area contributed by atoms with Crippen LogP contribution in [0.4, 0.5) is 5.82 Å². The molecule has 0 atom stereocenters. The van der Waals surface area contributed by atoms with Crippen LogP contribution in [0.2, 0.25) is 0 Å². The molecule has 0 N–H and O–H groups in total. The monoisotopic (exact) mass is 410 g/mol. The van der Waals surface area contributed by atoms with Crippen molar-refractivity contribution in [2.75, 3.05) is 36.8 Å². The van der Waals surface area contributed by atoms with Crippen LogP contribution >= 0.6 is 0 Å². The van der Waals surface area contributed by atoms with Gasteiger partial charge in [-0.15, -0.1) is 0 Å². The molecule has 1 aromatic heterocycles. The van der Waals surface area contributed by atoms with Crippen molar-refractivity contribution >= 4 is 26.9 Å². The number of anilines is 1. The third-order valence-electron chi connectivity index (χ3n) is 5.29. The SMILES string of the molecule is CCCCS(=O)(=O)N1CCN(c2nc3ccccc3nc2-c2ccccc2)CC1. The van der Waals surface area contributed by atoms with Gasteiger partial charge in [0.1, 0.15) is 5.69 Å². The summed E-state index contributed by atoms with van der Waals surface area (Å²) >= 11 is 0. The smallest absolute Gasteiger partial charge is 0.214 e. The molecule has 1 aliphatic rings. The van der Waals surface area contributed by atoms with E-state index in [4.69, 9.17) is 9.97 Å². The summed E-state index contributed by atoms with van der Waals surface area (Å²) < 4.78 is 26.7. The van der Waals surface area contributed by atoms with Gasteiger partial charge in [-0.3, -0.25) is 0 Å². The summed E-state index contributed by atoms with van der Waals surface area (Å²) in [5.74, 6) is 1.05. The fourth-order valence-electron chi connectivity index (χ4n) is 3.63. The predicted octanol–water partition coefficient (Wildman–Crippen LogP) is 3.55. The Morgan fingerprint density at radius 1 is 0.862 bits per heavy atom. The summed E-state index contributed by atoms with van der Waals surface area (Å²) in [6, 6.07) is 17.9. The largest absolute Gasteiger partial charge is 0.352 e. The molecule has 0 saturated carbocycles. The number of aromatic nitrogens is 2. The van der Waals surface area contributed by atoms with E-state index in [1.807, 2.05) is 61.5 Å². The maximum absolute atomic E-state index is 12.5. The standard InChI is InChI=1S/C22H26N4O2S/c1-2-3-17-29(27,28)26-15-13-25(14-16-26)22-21(18-9-5-4-6-10-18)23-19-11-7-8-12-20(19)24-22/h4-12H,2-3,13-17H2,1H3. The number of benzene rings is 2. The summed E-state index contributed by atoms with van der Waals surface area (Å²) in [6.45, 7) is 4.19. The molecular weight excluding hydrogens is 384 g/mol. The third-order valence-corrected chi connectivity index (χ3v) is 7.24. The van der Waals surface area contributed by atoms with Crippen molar-refractivity contribution in [3.8, 4) is 11.3 Å². The van der Waals surface area contributed by atoms with Gasteiger partial charge in [0, 0.05) is 31.7 Å². The molecule has 3 aromatic rings. The first kappa shape index (κ1) is 19.8. The average molecular weight is 411 g/mol. The van der Waals surface area contributed by atoms with Crippen LogP contribution in [0.3, 0.4) is 0 Å². The van der Waals surface area contributed by atoms with Crippen molar-refractivity contribution in [2.45, 2.75) is 19.8 Å². The Kier molecular flexibility index (Phi) is 5.78. The van der Waals surface area contributed by atoms with Crippen LogP contribution < -0.4 is 4.90 Å². The summed E-state index contributed by atoms with van der Waals surface area (Å²) in [7, 11) is -3.18. The molecule has 0 radical (unpaired) electrons. The first-order chi connectivity index (χ1) is 14.1. The molecule has 0 spiro atoms. The summed E-state index contributed by atoms with van der Waals surface area (Å²) in [5, 5.41) is 0. The lowest BCUT2D eigenvalue weighted by Crippen LogP contribution is -2.49. The van der Waals surface area contributed by atoms with Crippen molar-refractivity contribution in [1.82, 2.24) is 14.3 Å². The van der Waals surface area contributed by atoms with Crippen molar-refractivity contribution in [1.29, 1.82) is 0 Å². The number of para-hydroxylation sites is 2. The Morgan fingerprint density at radius 3 is 2.14 bits per heavy atom. The van der Waals surface area contributed by atoms with Gasteiger partial charge < -0.3 is 4.90 Å². The van der Waals surface area contributed by atoms with E-state index in [1.165, 1.54) is 0 Å². The van der Waals surface area contributed by atoms with Gasteiger partial charge in [-0.05, 0) is 18.6 Å². The molecule has 7 heteroatoms. The fourth-order valence-corrected chi connectivity index (χ4v) is 5.27. The fraction of sp³-hybridized carbons (Fsp3) is 0.364. The summed E-state index contributed by atoms with van der Waals surface area (Å²) in [6.07, 6.45) is 1.59. The highest BCUT2D eigenvalue weighted by atomic mass is 32.2. The van der Waals surface area contributed by atoms with E-state index in [2.05, 4.69) is 4.90 Å². The molecule has 1 saturated heterocycles. The van der Waals surface area contributed by atoms with Crippen LogP contribution in [0.5, 0.6) is 0 Å². The van der Waals surface area contributed by atoms with Crippen LogP contribution in [0, 0.1) is 0 Å². The average Bonchev–Trinajstić information content (AvgIpc) is 2.77. The normalized spacial score (nSPS) is 15.7. The maximum Gasteiger partial charge on any atom is 0.214 e. The van der Waals surface area contributed by atoms with E-state index in [1.54, 1.807) is 4.31 Å². The Labute approximate surface area is 172 Å². The molecule has 0 amide bonds. The van der Waals surface area contributed by atoms with Gasteiger partial charge in [-0.25, -0.2) is 18.4 Å². The van der Waals surface area contributed by atoms with Crippen molar-refractivity contribution < 1.29 is 8.42 Å². The minimum absolute atomic E-state index is 0.231. The van der Waals surface area contributed by atoms with Crippen molar-refractivity contribution in [3.63, 3.8) is 0 Å². The molecule has 152 valence electrons. The van der Waals surface area contributed by atoms with Crippen molar-refractivity contribution in [2.24, 2.45) is 0 Å². The number of piperazine rings is 1. The molecular formula is C22H26N4O2S. The molecule has 4 rings (SSSR count). The summed E-state index contributed by atoms with van der Waals surface area (Å²) in [4.78, 5) is 12.0. The number of rotatable bonds is 6. The molecule has 2 heterocycles. The zero-order chi connectivity index (χ0) is 20.3. The van der Waals surface area contributed by atoms with Crippen LogP contribution in [0.25, 0.3) is 22.3 Å². The molecule has 29 heavy (non-hydrogen) atoms. The van der Waals surface area contributed by atoms with Crippen LogP contribution in [0.1, 0.15) is 19.8 Å². The maximum atomic E-state index is 12.5. The Hall–Kier alpha value is -2.51. The van der Waals surface area contributed by atoms with Gasteiger partial charge >= 0.3 is 0 Å². The topological polar surface area (TPSA) is 66.4 Å². The highest BCUT2D eigenvalue weighted by Gasteiger charge is 2.28. The number of nitrogens with zero attached hydrogens (tertiary/aromatic N) is 4. The van der Waals surface area contributed by atoms with Gasteiger partial charge in [-0.2, -0.15) is 4.31 Å². The lowest BCUT2D eigenvalue weighted by molar-refractivity contribution is 0.383.